The first-order valence-electron chi connectivity index (χ1n) is 9.12. The summed E-state index contributed by atoms with van der Waals surface area (Å²) in [5.74, 6) is -0.219. The normalized spacial score (nSPS) is 11.1. The number of hydrazone groups is 1. The zero-order chi connectivity index (χ0) is 21.0. The van der Waals surface area contributed by atoms with E-state index in [2.05, 4.69) is 43.3 Å². The van der Waals surface area contributed by atoms with Crippen LogP contribution in [0.3, 0.4) is 0 Å². The van der Waals surface area contributed by atoms with E-state index in [-0.39, 0.29) is 12.5 Å². The van der Waals surface area contributed by atoms with E-state index >= 15 is 0 Å². The van der Waals surface area contributed by atoms with Gasteiger partial charge in [0.2, 0.25) is 0 Å². The van der Waals surface area contributed by atoms with Crippen LogP contribution in [0.2, 0.25) is 5.02 Å². The van der Waals surface area contributed by atoms with Crippen molar-refractivity contribution in [3.05, 3.63) is 80.5 Å². The van der Waals surface area contributed by atoms with Gasteiger partial charge >= 0.3 is 0 Å². The van der Waals surface area contributed by atoms with Crippen molar-refractivity contribution in [1.29, 1.82) is 0 Å². The lowest BCUT2D eigenvalue weighted by Gasteiger charge is -2.13. The van der Waals surface area contributed by atoms with Crippen LogP contribution >= 0.6 is 27.5 Å². The van der Waals surface area contributed by atoms with E-state index < -0.39 is 0 Å². The molecule has 150 valence electrons. The number of hydrogen-bond acceptors (Lipinski definition) is 3. The predicted molar refractivity (Wildman–Crippen MR) is 123 cm³/mol. The zero-order valence-corrected chi connectivity index (χ0v) is 18.8. The average Bonchev–Trinajstić information content (AvgIpc) is 2.97. The van der Waals surface area contributed by atoms with Crippen LogP contribution in [0.1, 0.15) is 22.5 Å². The molecule has 29 heavy (non-hydrogen) atoms. The van der Waals surface area contributed by atoms with Crippen LogP contribution in [0.5, 0.6) is 0 Å². The van der Waals surface area contributed by atoms with E-state index in [0.29, 0.717) is 5.02 Å². The van der Waals surface area contributed by atoms with E-state index in [0.717, 1.165) is 38.4 Å². The van der Waals surface area contributed by atoms with Crippen molar-refractivity contribution >= 4 is 45.3 Å². The molecule has 1 aromatic heterocycles. The van der Waals surface area contributed by atoms with E-state index in [9.17, 15) is 4.79 Å². The number of nitrogens with zero attached hydrogens (tertiary/aromatic N) is 2. The summed E-state index contributed by atoms with van der Waals surface area (Å²) in [6.45, 7) is 6.24. The molecule has 0 aliphatic rings. The summed E-state index contributed by atoms with van der Waals surface area (Å²) >= 11 is 9.57. The molecule has 3 aromatic rings. The van der Waals surface area contributed by atoms with E-state index in [1.807, 2.05) is 62.4 Å². The lowest BCUT2D eigenvalue weighted by atomic mass is 10.2. The number of anilines is 1. The number of rotatable bonds is 6. The third-order valence-electron chi connectivity index (χ3n) is 4.57. The van der Waals surface area contributed by atoms with Crippen LogP contribution in [0.25, 0.3) is 5.69 Å². The van der Waals surface area contributed by atoms with Crippen molar-refractivity contribution in [3.8, 4) is 5.69 Å². The fourth-order valence-corrected chi connectivity index (χ4v) is 3.51. The van der Waals surface area contributed by atoms with Crippen molar-refractivity contribution in [2.45, 2.75) is 20.8 Å². The summed E-state index contributed by atoms with van der Waals surface area (Å²) in [6.07, 6.45) is 1.66. The van der Waals surface area contributed by atoms with Gasteiger partial charge in [-0.15, -0.1) is 0 Å². The molecule has 1 heterocycles. The van der Waals surface area contributed by atoms with Gasteiger partial charge in [0.1, 0.15) is 0 Å². The van der Waals surface area contributed by atoms with Gasteiger partial charge in [-0.2, -0.15) is 5.10 Å². The van der Waals surface area contributed by atoms with E-state index in [4.69, 9.17) is 11.6 Å². The van der Waals surface area contributed by atoms with Crippen LogP contribution in [0.15, 0.2) is 58.1 Å². The van der Waals surface area contributed by atoms with Gasteiger partial charge in [-0.05, 0) is 68.8 Å². The Morgan fingerprint density at radius 3 is 2.59 bits per heavy atom. The summed E-state index contributed by atoms with van der Waals surface area (Å²) in [4.78, 5) is 12.0. The molecule has 0 fully saturated rings. The number of nitrogens with one attached hydrogen (secondary N) is 2. The van der Waals surface area contributed by atoms with Gasteiger partial charge in [0.25, 0.3) is 5.91 Å². The van der Waals surface area contributed by atoms with Crippen LogP contribution in [-0.2, 0) is 4.79 Å². The SMILES string of the molecule is Cc1ccc(Cl)cc1-n1c(C)cc(/C=N\NC(=O)CNc2ccc(Br)cc2)c1C. The van der Waals surface area contributed by atoms with Gasteiger partial charge in [-0.1, -0.05) is 33.6 Å². The first-order chi connectivity index (χ1) is 13.8. The summed E-state index contributed by atoms with van der Waals surface area (Å²) in [7, 11) is 0. The lowest BCUT2D eigenvalue weighted by molar-refractivity contribution is -0.119. The molecular formula is C22H22BrClN4O. The van der Waals surface area contributed by atoms with Gasteiger partial charge in [0.05, 0.1) is 12.8 Å². The summed E-state index contributed by atoms with van der Waals surface area (Å²) in [5.41, 5.74) is 8.62. The number of aromatic nitrogens is 1. The second-order valence-electron chi connectivity index (χ2n) is 6.75. The number of halogens is 2. The fraction of sp³-hybridized carbons (Fsp3) is 0.182. The largest absolute Gasteiger partial charge is 0.376 e. The number of hydrogen-bond donors (Lipinski definition) is 2. The molecule has 0 atom stereocenters. The number of benzene rings is 2. The van der Waals surface area contributed by atoms with Crippen LogP contribution in [0.4, 0.5) is 5.69 Å². The van der Waals surface area contributed by atoms with Crippen molar-refractivity contribution in [3.63, 3.8) is 0 Å². The summed E-state index contributed by atoms with van der Waals surface area (Å²) in [6, 6.07) is 15.5. The molecule has 0 aliphatic heterocycles. The fourth-order valence-electron chi connectivity index (χ4n) is 3.08. The molecule has 3 rings (SSSR count). The van der Waals surface area contributed by atoms with Gasteiger partial charge in [0, 0.05) is 37.8 Å². The maximum Gasteiger partial charge on any atom is 0.259 e. The molecular weight excluding hydrogens is 452 g/mol. The average molecular weight is 474 g/mol. The molecule has 5 nitrogen and oxygen atoms in total. The number of amides is 1. The van der Waals surface area contributed by atoms with Gasteiger partial charge in [0.15, 0.2) is 0 Å². The molecule has 0 aliphatic carbocycles. The molecule has 0 spiro atoms. The molecule has 0 saturated heterocycles. The highest BCUT2D eigenvalue weighted by Crippen LogP contribution is 2.25. The molecule has 1 amide bonds. The Morgan fingerprint density at radius 1 is 1.14 bits per heavy atom. The molecule has 0 bridgehead atoms. The first kappa shape index (κ1) is 21.1. The summed E-state index contributed by atoms with van der Waals surface area (Å²) < 4.78 is 3.13. The third kappa shape index (κ3) is 5.28. The molecule has 0 radical (unpaired) electrons. The first-order valence-corrected chi connectivity index (χ1v) is 10.3. The standard InChI is InChI=1S/C22H22BrClN4O/c1-14-4-7-19(24)11-21(14)28-15(2)10-17(16(28)3)12-26-27-22(29)13-25-20-8-5-18(23)6-9-20/h4-12,25H,13H2,1-3H3,(H,27,29)/b26-12-. The van der Waals surface area contributed by atoms with Gasteiger partial charge in [-0.25, -0.2) is 5.43 Å². The van der Waals surface area contributed by atoms with E-state index in [1.165, 1.54) is 0 Å². The maximum atomic E-state index is 12.0. The van der Waals surface area contributed by atoms with Gasteiger partial charge < -0.3 is 9.88 Å². The second-order valence-corrected chi connectivity index (χ2v) is 8.10. The zero-order valence-electron chi connectivity index (χ0n) is 16.5. The molecule has 0 unspecified atom stereocenters. The third-order valence-corrected chi connectivity index (χ3v) is 5.34. The minimum Gasteiger partial charge on any atom is -0.376 e. The van der Waals surface area contributed by atoms with Crippen LogP contribution < -0.4 is 10.7 Å². The Morgan fingerprint density at radius 2 is 1.86 bits per heavy atom. The second kappa shape index (κ2) is 9.29. The Kier molecular flexibility index (Phi) is 6.77. The minimum atomic E-state index is -0.219. The van der Waals surface area contributed by atoms with Crippen molar-refractivity contribution in [2.24, 2.45) is 5.10 Å². The molecule has 2 N–H and O–H groups in total. The van der Waals surface area contributed by atoms with Crippen LogP contribution in [0, 0.1) is 20.8 Å². The highest BCUT2D eigenvalue weighted by molar-refractivity contribution is 9.10. The Labute approximate surface area is 183 Å². The number of aryl methyl sites for hydroxylation is 2. The Hall–Kier alpha value is -2.57. The van der Waals surface area contributed by atoms with Crippen molar-refractivity contribution in [2.75, 3.05) is 11.9 Å². The quantitative estimate of drug-likeness (QED) is 0.373. The van der Waals surface area contributed by atoms with E-state index in [1.54, 1.807) is 6.21 Å². The smallest absolute Gasteiger partial charge is 0.259 e. The Bertz CT molecular complexity index is 1060. The lowest BCUT2D eigenvalue weighted by Crippen LogP contribution is -2.25. The monoisotopic (exact) mass is 472 g/mol. The predicted octanol–water partition coefficient (Wildman–Crippen LogP) is 5.38. The molecule has 7 heteroatoms. The van der Waals surface area contributed by atoms with Gasteiger partial charge in [-0.3, -0.25) is 4.79 Å². The molecule has 2 aromatic carbocycles. The Balaban J connectivity index is 1.66. The number of carbonyl (C=O) groups is 1. The van der Waals surface area contributed by atoms with Crippen LogP contribution in [-0.4, -0.2) is 23.2 Å². The van der Waals surface area contributed by atoms with Crippen molar-refractivity contribution < 1.29 is 4.79 Å². The minimum absolute atomic E-state index is 0.139. The molecule has 0 saturated carbocycles. The highest BCUT2D eigenvalue weighted by atomic mass is 79.9. The highest BCUT2D eigenvalue weighted by Gasteiger charge is 2.12. The summed E-state index contributed by atoms with van der Waals surface area (Å²) in [5, 5.41) is 7.85. The maximum absolute atomic E-state index is 12.0. The number of carbonyl (C=O) groups excluding carboxylic acids is 1. The van der Waals surface area contributed by atoms with Crippen molar-refractivity contribution in [1.82, 2.24) is 9.99 Å². The topological polar surface area (TPSA) is 58.4 Å².